The number of aromatic nitrogens is 1. The van der Waals surface area contributed by atoms with Crippen molar-refractivity contribution in [3.8, 4) is 11.5 Å². The summed E-state index contributed by atoms with van der Waals surface area (Å²) in [5.41, 5.74) is 3.22. The SMILES string of the molecule is COc1cc(C=O)ccc1OCC(=O)OCc1csc(Nc2ccc(C)cc2)n1. The number of carbonyl (C=O) groups is 2. The highest BCUT2D eigenvalue weighted by atomic mass is 32.1. The molecule has 0 atom stereocenters. The average molecular weight is 412 g/mol. The van der Waals surface area contributed by atoms with E-state index in [2.05, 4.69) is 10.3 Å². The van der Waals surface area contributed by atoms with Crippen LogP contribution in [-0.4, -0.2) is 31.0 Å². The van der Waals surface area contributed by atoms with Gasteiger partial charge in [-0.15, -0.1) is 11.3 Å². The van der Waals surface area contributed by atoms with Gasteiger partial charge in [0.1, 0.15) is 12.9 Å². The van der Waals surface area contributed by atoms with E-state index >= 15 is 0 Å². The second-order valence-corrected chi connectivity index (χ2v) is 6.97. The lowest BCUT2D eigenvalue weighted by atomic mass is 10.2. The summed E-state index contributed by atoms with van der Waals surface area (Å²) in [7, 11) is 1.46. The number of anilines is 2. The molecule has 1 heterocycles. The fraction of sp³-hybridized carbons (Fsp3) is 0.190. The molecule has 0 aliphatic carbocycles. The molecule has 7 nitrogen and oxygen atoms in total. The van der Waals surface area contributed by atoms with Crippen LogP contribution in [0.2, 0.25) is 0 Å². The molecule has 0 saturated heterocycles. The van der Waals surface area contributed by atoms with Gasteiger partial charge in [-0.05, 0) is 37.3 Å². The van der Waals surface area contributed by atoms with Crippen molar-refractivity contribution in [1.82, 2.24) is 4.98 Å². The molecule has 0 fully saturated rings. The van der Waals surface area contributed by atoms with E-state index in [0.717, 1.165) is 10.8 Å². The maximum atomic E-state index is 12.0. The fourth-order valence-electron chi connectivity index (χ4n) is 2.40. The minimum absolute atomic E-state index is 0.0511. The molecule has 0 amide bonds. The number of carbonyl (C=O) groups excluding carboxylic acids is 2. The molecule has 0 spiro atoms. The summed E-state index contributed by atoms with van der Waals surface area (Å²) >= 11 is 1.43. The molecular formula is C21H20N2O5S. The molecule has 3 aromatic rings. The van der Waals surface area contributed by atoms with Crippen LogP contribution in [0.15, 0.2) is 47.8 Å². The Morgan fingerprint density at radius 2 is 1.97 bits per heavy atom. The van der Waals surface area contributed by atoms with Crippen molar-refractivity contribution >= 4 is 34.4 Å². The summed E-state index contributed by atoms with van der Waals surface area (Å²) in [4.78, 5) is 27.2. The maximum Gasteiger partial charge on any atom is 0.344 e. The quantitative estimate of drug-likeness (QED) is 0.417. The van der Waals surface area contributed by atoms with Crippen LogP contribution in [0.3, 0.4) is 0 Å². The Labute approximate surface area is 172 Å². The highest BCUT2D eigenvalue weighted by Gasteiger charge is 2.11. The number of aryl methyl sites for hydroxylation is 1. The van der Waals surface area contributed by atoms with Gasteiger partial charge in [-0.1, -0.05) is 17.7 Å². The highest BCUT2D eigenvalue weighted by Crippen LogP contribution is 2.27. The maximum absolute atomic E-state index is 12.0. The zero-order valence-corrected chi connectivity index (χ0v) is 16.8. The number of methoxy groups -OCH3 is 1. The summed E-state index contributed by atoms with van der Waals surface area (Å²) in [6.45, 7) is 1.80. The Hall–Kier alpha value is -3.39. The van der Waals surface area contributed by atoms with Crippen LogP contribution in [0.5, 0.6) is 11.5 Å². The van der Waals surface area contributed by atoms with Crippen molar-refractivity contribution in [2.75, 3.05) is 19.0 Å². The van der Waals surface area contributed by atoms with E-state index in [1.54, 1.807) is 12.1 Å². The van der Waals surface area contributed by atoms with E-state index in [0.29, 0.717) is 29.0 Å². The lowest BCUT2D eigenvalue weighted by molar-refractivity contribution is -0.147. The highest BCUT2D eigenvalue weighted by molar-refractivity contribution is 7.13. The number of thiazole rings is 1. The van der Waals surface area contributed by atoms with Gasteiger partial charge in [-0.25, -0.2) is 9.78 Å². The molecule has 0 bridgehead atoms. The van der Waals surface area contributed by atoms with Crippen LogP contribution in [0, 0.1) is 6.92 Å². The standard InChI is InChI=1S/C21H20N2O5S/c1-14-3-6-16(7-4-14)22-21-23-17(13-29-21)11-28-20(25)12-27-18-8-5-15(10-24)9-19(18)26-2/h3-10,13H,11-12H2,1-2H3,(H,22,23). The molecule has 0 aliphatic heterocycles. The van der Waals surface area contributed by atoms with Gasteiger partial charge in [0, 0.05) is 16.6 Å². The fourth-order valence-corrected chi connectivity index (χ4v) is 3.12. The number of aldehydes is 1. The van der Waals surface area contributed by atoms with Gasteiger partial charge in [-0.3, -0.25) is 4.79 Å². The van der Waals surface area contributed by atoms with Crippen LogP contribution in [0.1, 0.15) is 21.6 Å². The predicted molar refractivity (Wildman–Crippen MR) is 110 cm³/mol. The third-order valence-electron chi connectivity index (χ3n) is 3.90. The second-order valence-electron chi connectivity index (χ2n) is 6.11. The van der Waals surface area contributed by atoms with Crippen molar-refractivity contribution in [3.05, 3.63) is 64.7 Å². The zero-order chi connectivity index (χ0) is 20.6. The first kappa shape index (κ1) is 20.3. The summed E-state index contributed by atoms with van der Waals surface area (Å²) in [6.07, 6.45) is 0.705. The van der Waals surface area contributed by atoms with Gasteiger partial charge >= 0.3 is 5.97 Å². The third-order valence-corrected chi connectivity index (χ3v) is 4.71. The predicted octanol–water partition coefficient (Wildman–Crippen LogP) is 4.14. The molecular weight excluding hydrogens is 392 g/mol. The Kier molecular flexibility index (Phi) is 6.80. The Morgan fingerprint density at radius 3 is 2.69 bits per heavy atom. The number of nitrogens with zero attached hydrogens (tertiary/aromatic N) is 1. The van der Waals surface area contributed by atoms with E-state index in [9.17, 15) is 9.59 Å². The molecule has 0 radical (unpaired) electrons. The number of benzene rings is 2. The van der Waals surface area contributed by atoms with Crippen LogP contribution < -0.4 is 14.8 Å². The van der Waals surface area contributed by atoms with Gasteiger partial charge in [0.05, 0.1) is 12.8 Å². The molecule has 3 rings (SSSR count). The molecule has 29 heavy (non-hydrogen) atoms. The monoisotopic (exact) mass is 412 g/mol. The van der Waals surface area contributed by atoms with Gasteiger partial charge in [0.2, 0.25) is 0 Å². The van der Waals surface area contributed by atoms with Crippen LogP contribution in [0.25, 0.3) is 0 Å². The first-order valence-corrected chi connectivity index (χ1v) is 9.65. The minimum atomic E-state index is -0.535. The molecule has 0 unspecified atom stereocenters. The number of esters is 1. The Morgan fingerprint density at radius 1 is 1.17 bits per heavy atom. The van der Waals surface area contributed by atoms with E-state index in [1.807, 2.05) is 36.6 Å². The Balaban J connectivity index is 1.48. The lowest BCUT2D eigenvalue weighted by Crippen LogP contribution is -2.15. The topological polar surface area (TPSA) is 86.8 Å². The minimum Gasteiger partial charge on any atom is -0.493 e. The number of hydrogen-bond donors (Lipinski definition) is 1. The van der Waals surface area contributed by atoms with E-state index in [4.69, 9.17) is 14.2 Å². The number of nitrogens with one attached hydrogen (secondary N) is 1. The molecule has 150 valence electrons. The number of hydrogen-bond acceptors (Lipinski definition) is 8. The van der Waals surface area contributed by atoms with Crippen molar-refractivity contribution in [3.63, 3.8) is 0 Å². The average Bonchev–Trinajstić information content (AvgIpc) is 3.19. The summed E-state index contributed by atoms with van der Waals surface area (Å²) in [5, 5.41) is 5.76. The summed E-state index contributed by atoms with van der Waals surface area (Å²) < 4.78 is 15.8. The molecule has 0 aliphatic rings. The van der Waals surface area contributed by atoms with Gasteiger partial charge in [-0.2, -0.15) is 0 Å². The zero-order valence-electron chi connectivity index (χ0n) is 16.0. The number of ether oxygens (including phenoxy) is 3. The van der Waals surface area contributed by atoms with Crippen LogP contribution >= 0.6 is 11.3 Å². The number of rotatable bonds is 9. The van der Waals surface area contributed by atoms with Gasteiger partial charge in [0.25, 0.3) is 0 Å². The first-order valence-electron chi connectivity index (χ1n) is 8.77. The molecule has 1 aromatic heterocycles. The van der Waals surface area contributed by atoms with Crippen LogP contribution in [0.4, 0.5) is 10.8 Å². The lowest BCUT2D eigenvalue weighted by Gasteiger charge is -2.10. The largest absolute Gasteiger partial charge is 0.493 e. The molecule has 2 aromatic carbocycles. The van der Waals surface area contributed by atoms with Gasteiger partial charge < -0.3 is 19.5 Å². The van der Waals surface area contributed by atoms with E-state index < -0.39 is 5.97 Å². The van der Waals surface area contributed by atoms with E-state index in [1.165, 1.54) is 30.1 Å². The van der Waals surface area contributed by atoms with E-state index in [-0.39, 0.29) is 13.2 Å². The summed E-state index contributed by atoms with van der Waals surface area (Å²) in [5.74, 6) is 0.189. The second kappa shape index (κ2) is 9.70. The van der Waals surface area contributed by atoms with Crippen LogP contribution in [-0.2, 0) is 16.1 Å². The van der Waals surface area contributed by atoms with Gasteiger partial charge in [0.15, 0.2) is 23.2 Å². The molecule has 1 N–H and O–H groups in total. The van der Waals surface area contributed by atoms with Crippen molar-refractivity contribution in [2.24, 2.45) is 0 Å². The Bertz CT molecular complexity index is 985. The third kappa shape index (κ3) is 5.79. The summed E-state index contributed by atoms with van der Waals surface area (Å²) in [6, 6.07) is 12.7. The van der Waals surface area contributed by atoms with Crippen molar-refractivity contribution in [2.45, 2.75) is 13.5 Å². The first-order chi connectivity index (χ1) is 14.1. The normalized spacial score (nSPS) is 10.3. The van der Waals surface area contributed by atoms with Crippen molar-refractivity contribution < 1.29 is 23.8 Å². The van der Waals surface area contributed by atoms with Crippen molar-refractivity contribution in [1.29, 1.82) is 0 Å². The molecule has 8 heteroatoms. The molecule has 0 saturated carbocycles. The smallest absolute Gasteiger partial charge is 0.344 e.